The van der Waals surface area contributed by atoms with Crippen molar-refractivity contribution in [1.29, 1.82) is 0 Å². The summed E-state index contributed by atoms with van der Waals surface area (Å²) in [5, 5.41) is 10.3. The molecule has 1 heterocycles. The van der Waals surface area contributed by atoms with E-state index in [2.05, 4.69) is 15.9 Å². The van der Waals surface area contributed by atoms with Crippen molar-refractivity contribution in [3.63, 3.8) is 0 Å². The van der Waals surface area contributed by atoms with Gasteiger partial charge in [0.15, 0.2) is 0 Å². The molecule has 0 spiro atoms. The molecule has 0 saturated carbocycles. The molecule has 1 nitrogen and oxygen atoms in total. The summed E-state index contributed by atoms with van der Waals surface area (Å²) < 4.78 is 1.01. The Balaban J connectivity index is 2.39. The minimum Gasteiger partial charge on any atom is -0.384 e. The van der Waals surface area contributed by atoms with Gasteiger partial charge in [0, 0.05) is 10.2 Å². The largest absolute Gasteiger partial charge is 0.384 e. The van der Waals surface area contributed by atoms with Crippen molar-refractivity contribution >= 4 is 27.7 Å². The van der Waals surface area contributed by atoms with Crippen LogP contribution in [0.1, 0.15) is 12.0 Å². The van der Waals surface area contributed by atoms with E-state index < -0.39 is 5.60 Å². The fraction of sp³-hybridized carbons (Fsp3) is 0.400. The predicted octanol–water partition coefficient (Wildman–Crippen LogP) is 2.77. The highest BCUT2D eigenvalue weighted by molar-refractivity contribution is 9.10. The van der Waals surface area contributed by atoms with Crippen molar-refractivity contribution in [2.75, 3.05) is 11.5 Å². The van der Waals surface area contributed by atoms with Crippen molar-refractivity contribution in [3.8, 4) is 0 Å². The topological polar surface area (TPSA) is 20.2 Å². The number of aliphatic hydroxyl groups is 1. The number of benzene rings is 1. The molecule has 0 unspecified atom stereocenters. The maximum absolute atomic E-state index is 10.3. The van der Waals surface area contributed by atoms with E-state index in [4.69, 9.17) is 0 Å². The Bertz CT molecular complexity index is 308. The van der Waals surface area contributed by atoms with Crippen LogP contribution in [0.2, 0.25) is 0 Å². The Labute approximate surface area is 90.7 Å². The maximum Gasteiger partial charge on any atom is 0.100 e. The molecule has 0 radical (unpaired) electrons. The molecule has 13 heavy (non-hydrogen) atoms. The molecule has 0 amide bonds. The third-order valence-corrected chi connectivity index (χ3v) is 4.24. The van der Waals surface area contributed by atoms with Gasteiger partial charge in [0.1, 0.15) is 5.60 Å². The molecule has 1 N–H and O–H groups in total. The minimum atomic E-state index is -0.606. The first kappa shape index (κ1) is 9.56. The number of thioether (sulfide) groups is 1. The Morgan fingerprint density at radius 2 is 2.15 bits per heavy atom. The first-order valence-electron chi connectivity index (χ1n) is 4.27. The van der Waals surface area contributed by atoms with Gasteiger partial charge >= 0.3 is 0 Å². The minimum absolute atomic E-state index is 0.606. The molecule has 1 aromatic rings. The zero-order chi connectivity index (χ0) is 9.31. The normalized spacial score (nSPS) is 27.8. The van der Waals surface area contributed by atoms with Gasteiger partial charge in [-0.2, -0.15) is 11.8 Å². The van der Waals surface area contributed by atoms with Gasteiger partial charge in [0.05, 0.1) is 0 Å². The molecule has 1 saturated heterocycles. The van der Waals surface area contributed by atoms with Gasteiger partial charge in [-0.3, -0.25) is 0 Å². The Kier molecular flexibility index (Phi) is 2.67. The van der Waals surface area contributed by atoms with Crippen LogP contribution in [0.3, 0.4) is 0 Å². The van der Waals surface area contributed by atoms with E-state index in [0.717, 1.165) is 28.0 Å². The third-order valence-electron chi connectivity index (χ3n) is 2.38. The van der Waals surface area contributed by atoms with E-state index >= 15 is 0 Å². The summed E-state index contributed by atoms with van der Waals surface area (Å²) in [6.45, 7) is 0. The predicted molar refractivity (Wildman–Crippen MR) is 60.0 cm³/mol. The zero-order valence-electron chi connectivity index (χ0n) is 7.16. The second kappa shape index (κ2) is 3.64. The van der Waals surface area contributed by atoms with E-state index in [1.54, 1.807) is 0 Å². The van der Waals surface area contributed by atoms with E-state index in [1.165, 1.54) is 0 Å². The molecule has 1 aromatic carbocycles. The number of halogens is 1. The lowest BCUT2D eigenvalue weighted by atomic mass is 9.94. The van der Waals surface area contributed by atoms with E-state index in [1.807, 2.05) is 36.0 Å². The van der Waals surface area contributed by atoms with Crippen molar-refractivity contribution in [1.82, 2.24) is 0 Å². The lowest BCUT2D eigenvalue weighted by molar-refractivity contribution is 0.0650. The molecular weight excluding hydrogens is 248 g/mol. The molecule has 3 heteroatoms. The highest BCUT2D eigenvalue weighted by Crippen LogP contribution is 2.39. The van der Waals surface area contributed by atoms with Crippen LogP contribution < -0.4 is 0 Å². The second-order valence-corrected chi connectivity index (χ2v) is 5.27. The van der Waals surface area contributed by atoms with Crippen molar-refractivity contribution in [2.24, 2.45) is 0 Å². The van der Waals surface area contributed by atoms with E-state index in [0.29, 0.717) is 0 Å². The molecular formula is C10H11BrOS. The summed E-state index contributed by atoms with van der Waals surface area (Å²) in [4.78, 5) is 0. The quantitative estimate of drug-likeness (QED) is 0.836. The first-order valence-corrected chi connectivity index (χ1v) is 6.22. The second-order valence-electron chi connectivity index (χ2n) is 3.31. The fourth-order valence-electron chi connectivity index (χ4n) is 1.61. The molecule has 0 aliphatic carbocycles. The van der Waals surface area contributed by atoms with Crippen LogP contribution in [-0.4, -0.2) is 16.6 Å². The number of hydrogen-bond acceptors (Lipinski definition) is 2. The average molecular weight is 259 g/mol. The van der Waals surface area contributed by atoms with Gasteiger partial charge in [-0.05, 0) is 23.8 Å². The summed E-state index contributed by atoms with van der Waals surface area (Å²) in [5.74, 6) is 1.87. The van der Waals surface area contributed by atoms with Gasteiger partial charge in [0.2, 0.25) is 0 Å². The van der Waals surface area contributed by atoms with Crippen LogP contribution in [0.4, 0.5) is 0 Å². The molecule has 70 valence electrons. The SMILES string of the molecule is O[C@@]1(c2ccccc2Br)CCSC1. The van der Waals surface area contributed by atoms with Crippen LogP contribution in [0, 0.1) is 0 Å². The highest BCUT2D eigenvalue weighted by atomic mass is 79.9. The lowest BCUT2D eigenvalue weighted by Crippen LogP contribution is -2.25. The standard InChI is InChI=1S/C10H11BrOS/c11-9-4-2-1-3-8(9)10(12)5-6-13-7-10/h1-4,12H,5-7H2/t10-/m0/s1. The maximum atomic E-state index is 10.3. The molecule has 0 aromatic heterocycles. The molecule has 2 rings (SSSR count). The van der Waals surface area contributed by atoms with Gasteiger partial charge in [-0.1, -0.05) is 34.1 Å². The molecule has 1 aliphatic heterocycles. The summed E-state index contributed by atoms with van der Waals surface area (Å²) >= 11 is 5.29. The summed E-state index contributed by atoms with van der Waals surface area (Å²) in [6, 6.07) is 7.92. The van der Waals surface area contributed by atoms with Crippen LogP contribution in [-0.2, 0) is 5.60 Å². The lowest BCUT2D eigenvalue weighted by Gasteiger charge is -2.22. The highest BCUT2D eigenvalue weighted by Gasteiger charge is 2.34. The van der Waals surface area contributed by atoms with Crippen LogP contribution >= 0.6 is 27.7 Å². The number of hydrogen-bond donors (Lipinski definition) is 1. The molecule has 1 aliphatic rings. The molecule has 1 atom stereocenters. The third kappa shape index (κ3) is 1.78. The van der Waals surface area contributed by atoms with Crippen molar-refractivity contribution < 1.29 is 5.11 Å². The summed E-state index contributed by atoms with van der Waals surface area (Å²) in [7, 11) is 0. The fourth-order valence-corrected chi connectivity index (χ4v) is 3.52. The van der Waals surface area contributed by atoms with E-state index in [9.17, 15) is 5.11 Å². The Morgan fingerprint density at radius 1 is 1.38 bits per heavy atom. The summed E-state index contributed by atoms with van der Waals surface area (Å²) in [6.07, 6.45) is 0.861. The van der Waals surface area contributed by atoms with Crippen LogP contribution in [0.5, 0.6) is 0 Å². The van der Waals surface area contributed by atoms with Crippen LogP contribution in [0.15, 0.2) is 28.7 Å². The van der Waals surface area contributed by atoms with Gasteiger partial charge < -0.3 is 5.11 Å². The Morgan fingerprint density at radius 3 is 2.77 bits per heavy atom. The summed E-state index contributed by atoms with van der Waals surface area (Å²) in [5.41, 5.74) is 0.421. The number of rotatable bonds is 1. The zero-order valence-corrected chi connectivity index (χ0v) is 9.57. The van der Waals surface area contributed by atoms with Crippen molar-refractivity contribution in [2.45, 2.75) is 12.0 Å². The Hall–Kier alpha value is 0.01000. The van der Waals surface area contributed by atoms with E-state index in [-0.39, 0.29) is 0 Å². The van der Waals surface area contributed by atoms with Gasteiger partial charge in [0.25, 0.3) is 0 Å². The monoisotopic (exact) mass is 258 g/mol. The van der Waals surface area contributed by atoms with Gasteiger partial charge in [-0.25, -0.2) is 0 Å². The smallest absolute Gasteiger partial charge is 0.100 e. The first-order chi connectivity index (χ1) is 6.22. The molecule has 0 bridgehead atoms. The van der Waals surface area contributed by atoms with Crippen molar-refractivity contribution in [3.05, 3.63) is 34.3 Å². The van der Waals surface area contributed by atoms with Crippen LogP contribution in [0.25, 0.3) is 0 Å². The van der Waals surface area contributed by atoms with Gasteiger partial charge in [-0.15, -0.1) is 0 Å². The molecule has 1 fully saturated rings. The average Bonchev–Trinajstić information content (AvgIpc) is 2.54.